The van der Waals surface area contributed by atoms with E-state index in [9.17, 15) is 4.79 Å². The fraction of sp³-hybridized carbons (Fsp3) is 0.310. The number of rotatable bonds is 7. The van der Waals surface area contributed by atoms with Gasteiger partial charge in [0.25, 0.3) is 0 Å². The number of hydrogen-bond acceptors (Lipinski definition) is 5. The third-order valence-corrected chi connectivity index (χ3v) is 6.78. The zero-order chi connectivity index (χ0) is 25.1. The summed E-state index contributed by atoms with van der Waals surface area (Å²) in [5, 5.41) is 0. The summed E-state index contributed by atoms with van der Waals surface area (Å²) in [6.45, 7) is 5.98. The topological polar surface area (TPSA) is 59.3 Å². The van der Waals surface area contributed by atoms with Gasteiger partial charge in [0.15, 0.2) is 0 Å². The number of aromatic nitrogens is 2. The van der Waals surface area contributed by atoms with E-state index in [0.717, 1.165) is 53.5 Å². The number of carbonyl (C=O) groups is 1. The van der Waals surface area contributed by atoms with Crippen LogP contribution in [0.4, 0.5) is 0 Å². The predicted molar refractivity (Wildman–Crippen MR) is 141 cm³/mol. The Morgan fingerprint density at radius 3 is 2.44 bits per heavy atom. The molecule has 0 spiro atoms. The Morgan fingerprint density at radius 1 is 0.917 bits per heavy atom. The van der Waals surface area contributed by atoms with Crippen molar-refractivity contribution in [3.8, 4) is 28.1 Å². The number of benzene rings is 2. The van der Waals surface area contributed by atoms with E-state index in [0.29, 0.717) is 13.1 Å². The van der Waals surface area contributed by atoms with Crippen LogP contribution in [0.3, 0.4) is 0 Å². The minimum atomic E-state index is 0.0480. The lowest BCUT2D eigenvalue weighted by molar-refractivity contribution is -0.136. The average Bonchev–Trinajstić information content (AvgIpc) is 3.27. The van der Waals surface area contributed by atoms with E-state index >= 15 is 0 Å². The Bertz CT molecular complexity index is 1370. The van der Waals surface area contributed by atoms with Crippen molar-refractivity contribution in [2.75, 3.05) is 47.0 Å². The zero-order valence-electron chi connectivity index (χ0n) is 21.1. The molecule has 0 saturated carbocycles. The van der Waals surface area contributed by atoms with Gasteiger partial charge in [0.2, 0.25) is 5.91 Å². The summed E-state index contributed by atoms with van der Waals surface area (Å²) in [5.41, 5.74) is 7.59. The standard InChI is InChI=1S/C29H32N4O3/c1-21-6-4-7-22(16-21)24-10-11-27-30-29(23-8-5-9-25(17-23)36-3)26(33(27)18-24)19-31-12-14-32(15-13-31)28(34)20-35-2/h4-11,16-18H,12-15,19-20H2,1-3H3. The first-order chi connectivity index (χ1) is 17.6. The van der Waals surface area contributed by atoms with Gasteiger partial charge in [0.05, 0.1) is 18.5 Å². The number of amides is 1. The number of piperazine rings is 1. The highest BCUT2D eigenvalue weighted by atomic mass is 16.5. The number of carbonyl (C=O) groups excluding carboxylic acids is 1. The predicted octanol–water partition coefficient (Wildman–Crippen LogP) is 4.28. The van der Waals surface area contributed by atoms with Crippen LogP contribution in [0.5, 0.6) is 5.75 Å². The largest absolute Gasteiger partial charge is 0.497 e. The van der Waals surface area contributed by atoms with Crippen molar-refractivity contribution >= 4 is 11.6 Å². The normalized spacial score (nSPS) is 14.4. The van der Waals surface area contributed by atoms with E-state index in [1.807, 2.05) is 23.1 Å². The van der Waals surface area contributed by atoms with Gasteiger partial charge in [0.1, 0.15) is 18.0 Å². The third kappa shape index (κ3) is 4.98. The molecule has 7 heteroatoms. The Morgan fingerprint density at radius 2 is 1.69 bits per heavy atom. The highest BCUT2D eigenvalue weighted by molar-refractivity contribution is 5.77. The van der Waals surface area contributed by atoms with E-state index < -0.39 is 0 Å². The molecule has 2 aromatic carbocycles. The Hall–Kier alpha value is -3.68. The molecule has 1 aliphatic rings. The van der Waals surface area contributed by atoms with Gasteiger partial charge in [-0.05, 0) is 42.3 Å². The molecule has 1 aliphatic heterocycles. The first-order valence-corrected chi connectivity index (χ1v) is 12.3. The molecule has 0 bridgehead atoms. The van der Waals surface area contributed by atoms with Crippen LogP contribution >= 0.6 is 0 Å². The van der Waals surface area contributed by atoms with E-state index in [2.05, 4.69) is 64.9 Å². The molecule has 2 aromatic heterocycles. The Labute approximate surface area is 211 Å². The van der Waals surface area contributed by atoms with Crippen molar-refractivity contribution < 1.29 is 14.3 Å². The van der Waals surface area contributed by atoms with E-state index in [-0.39, 0.29) is 12.5 Å². The number of hydrogen-bond donors (Lipinski definition) is 0. The van der Waals surface area contributed by atoms with Gasteiger partial charge in [-0.1, -0.05) is 42.0 Å². The number of imidazole rings is 1. The van der Waals surface area contributed by atoms with Crippen molar-refractivity contribution in [1.29, 1.82) is 0 Å². The molecule has 0 aliphatic carbocycles. The number of aryl methyl sites for hydroxylation is 1. The minimum absolute atomic E-state index is 0.0480. The van der Waals surface area contributed by atoms with Crippen molar-refractivity contribution in [1.82, 2.24) is 19.2 Å². The quantitative estimate of drug-likeness (QED) is 0.392. The monoisotopic (exact) mass is 484 g/mol. The number of fused-ring (bicyclic) bond motifs is 1. The summed E-state index contributed by atoms with van der Waals surface area (Å²) < 4.78 is 12.7. The van der Waals surface area contributed by atoms with Gasteiger partial charge < -0.3 is 18.8 Å². The lowest BCUT2D eigenvalue weighted by Crippen LogP contribution is -2.49. The molecule has 3 heterocycles. The van der Waals surface area contributed by atoms with E-state index in [1.54, 1.807) is 14.2 Å². The summed E-state index contributed by atoms with van der Waals surface area (Å²) in [5.74, 6) is 0.855. The van der Waals surface area contributed by atoms with Crippen molar-refractivity contribution in [3.05, 3.63) is 78.1 Å². The van der Waals surface area contributed by atoms with E-state index in [1.165, 1.54) is 11.1 Å². The molecule has 1 amide bonds. The van der Waals surface area contributed by atoms with Crippen LogP contribution in [0, 0.1) is 6.92 Å². The Kier molecular flexibility index (Phi) is 7.02. The number of nitrogens with zero attached hydrogens (tertiary/aromatic N) is 4. The van der Waals surface area contributed by atoms with Crippen molar-refractivity contribution in [2.24, 2.45) is 0 Å². The number of methoxy groups -OCH3 is 2. The summed E-state index contributed by atoms with van der Waals surface area (Å²) >= 11 is 0. The second-order valence-corrected chi connectivity index (χ2v) is 9.24. The van der Waals surface area contributed by atoms with Crippen molar-refractivity contribution in [3.63, 3.8) is 0 Å². The van der Waals surface area contributed by atoms with Crippen LogP contribution in [-0.4, -0.2) is 72.1 Å². The second-order valence-electron chi connectivity index (χ2n) is 9.24. The van der Waals surface area contributed by atoms with Gasteiger partial charge in [-0.3, -0.25) is 9.69 Å². The maximum Gasteiger partial charge on any atom is 0.248 e. The molecule has 186 valence electrons. The fourth-order valence-corrected chi connectivity index (χ4v) is 4.82. The number of pyridine rings is 1. The highest BCUT2D eigenvalue weighted by Gasteiger charge is 2.24. The first-order valence-electron chi connectivity index (χ1n) is 12.3. The molecular formula is C29H32N4O3. The van der Waals surface area contributed by atoms with Crippen LogP contribution in [-0.2, 0) is 16.1 Å². The lowest BCUT2D eigenvalue weighted by Gasteiger charge is -2.34. The molecule has 0 atom stereocenters. The summed E-state index contributed by atoms with van der Waals surface area (Å²) in [4.78, 5) is 21.6. The highest BCUT2D eigenvalue weighted by Crippen LogP contribution is 2.30. The summed E-state index contributed by atoms with van der Waals surface area (Å²) in [6.07, 6.45) is 2.19. The molecule has 1 saturated heterocycles. The molecule has 0 unspecified atom stereocenters. The van der Waals surface area contributed by atoms with Gasteiger partial charge in [-0.15, -0.1) is 0 Å². The molecule has 7 nitrogen and oxygen atoms in total. The fourth-order valence-electron chi connectivity index (χ4n) is 4.82. The van der Waals surface area contributed by atoms with Crippen molar-refractivity contribution in [2.45, 2.75) is 13.5 Å². The minimum Gasteiger partial charge on any atom is -0.497 e. The van der Waals surface area contributed by atoms with Crippen LogP contribution in [0.2, 0.25) is 0 Å². The molecule has 5 rings (SSSR count). The van der Waals surface area contributed by atoms with Crippen LogP contribution in [0.15, 0.2) is 66.9 Å². The van der Waals surface area contributed by atoms with Gasteiger partial charge in [0, 0.05) is 51.6 Å². The second kappa shape index (κ2) is 10.5. The molecule has 0 radical (unpaired) electrons. The lowest BCUT2D eigenvalue weighted by atomic mass is 10.1. The maximum atomic E-state index is 12.2. The zero-order valence-corrected chi connectivity index (χ0v) is 21.1. The smallest absolute Gasteiger partial charge is 0.248 e. The van der Waals surface area contributed by atoms with Gasteiger partial charge in [-0.25, -0.2) is 4.98 Å². The van der Waals surface area contributed by atoms with Crippen LogP contribution < -0.4 is 4.74 Å². The van der Waals surface area contributed by atoms with Gasteiger partial charge in [-0.2, -0.15) is 0 Å². The molecule has 0 N–H and O–H groups in total. The van der Waals surface area contributed by atoms with Crippen LogP contribution in [0.1, 0.15) is 11.3 Å². The molecule has 1 fully saturated rings. The molecule has 36 heavy (non-hydrogen) atoms. The average molecular weight is 485 g/mol. The molecular weight excluding hydrogens is 452 g/mol. The maximum absolute atomic E-state index is 12.2. The summed E-state index contributed by atoms with van der Waals surface area (Å²) in [7, 11) is 3.24. The van der Waals surface area contributed by atoms with Gasteiger partial charge >= 0.3 is 0 Å². The van der Waals surface area contributed by atoms with Crippen LogP contribution in [0.25, 0.3) is 28.0 Å². The van der Waals surface area contributed by atoms with E-state index in [4.69, 9.17) is 14.5 Å². The first kappa shape index (κ1) is 24.0. The third-order valence-electron chi connectivity index (χ3n) is 6.78. The summed E-state index contributed by atoms with van der Waals surface area (Å²) in [6, 6.07) is 20.8. The molecule has 4 aromatic rings. The SMILES string of the molecule is COCC(=O)N1CCN(Cc2c(-c3cccc(OC)c3)nc3ccc(-c4cccc(C)c4)cn23)CC1. The number of ether oxygens (including phenoxy) is 2. The Balaban J connectivity index is 1.52.